The molecule has 0 aliphatic carbocycles. The SMILES string of the molecule is O=C(O)Nc1ccc(-c2cnc([C@@H]3CCC4CC(c5c(OCC(F)(F)F)ccc(Cl)c5F)=CC(=O)N43)[nH]2)cc1. The van der Waals surface area contributed by atoms with Crippen LogP contribution in [0, 0.1) is 5.82 Å². The van der Waals surface area contributed by atoms with Gasteiger partial charge in [0.25, 0.3) is 0 Å². The number of ether oxygens (including phenoxy) is 1. The quantitative estimate of drug-likeness (QED) is 0.300. The Morgan fingerprint density at radius 3 is 2.64 bits per heavy atom. The Morgan fingerprint density at radius 1 is 1.21 bits per heavy atom. The van der Waals surface area contributed by atoms with Gasteiger partial charge in [-0.3, -0.25) is 10.1 Å². The zero-order valence-corrected chi connectivity index (χ0v) is 20.8. The van der Waals surface area contributed by atoms with Crippen LogP contribution in [-0.2, 0) is 4.79 Å². The van der Waals surface area contributed by atoms with Crippen molar-refractivity contribution in [2.75, 3.05) is 11.9 Å². The van der Waals surface area contributed by atoms with Gasteiger partial charge < -0.3 is 19.7 Å². The first-order valence-electron chi connectivity index (χ1n) is 11.9. The van der Waals surface area contributed by atoms with Crippen LogP contribution >= 0.6 is 11.6 Å². The van der Waals surface area contributed by atoms with Crippen molar-refractivity contribution >= 4 is 34.9 Å². The van der Waals surface area contributed by atoms with Gasteiger partial charge in [0, 0.05) is 17.8 Å². The number of anilines is 1. The molecule has 0 spiro atoms. The summed E-state index contributed by atoms with van der Waals surface area (Å²) in [5, 5.41) is 10.8. The molecule has 0 radical (unpaired) electrons. The Kier molecular flexibility index (Phi) is 6.98. The summed E-state index contributed by atoms with van der Waals surface area (Å²) in [6.45, 7) is -1.61. The van der Waals surface area contributed by atoms with Crippen LogP contribution in [0.15, 0.2) is 48.7 Å². The molecule has 3 heterocycles. The second-order valence-corrected chi connectivity index (χ2v) is 9.60. The molecule has 2 aromatic carbocycles. The number of carbonyl (C=O) groups excluding carboxylic acids is 1. The second-order valence-electron chi connectivity index (χ2n) is 9.19. The molecule has 3 N–H and O–H groups in total. The van der Waals surface area contributed by atoms with Crippen molar-refractivity contribution in [2.45, 2.75) is 37.5 Å². The number of fused-ring (bicyclic) bond motifs is 1. The van der Waals surface area contributed by atoms with E-state index in [9.17, 15) is 22.8 Å². The highest BCUT2D eigenvalue weighted by Crippen LogP contribution is 2.45. The third-order valence-corrected chi connectivity index (χ3v) is 6.93. The minimum Gasteiger partial charge on any atom is -0.483 e. The van der Waals surface area contributed by atoms with Gasteiger partial charge in [-0.25, -0.2) is 14.2 Å². The molecule has 204 valence electrons. The Labute approximate surface area is 224 Å². The molecule has 2 amide bonds. The Bertz CT molecular complexity index is 1460. The van der Waals surface area contributed by atoms with Gasteiger partial charge in [0.2, 0.25) is 5.91 Å². The maximum absolute atomic E-state index is 15.0. The van der Waals surface area contributed by atoms with Crippen LogP contribution in [0.25, 0.3) is 16.8 Å². The van der Waals surface area contributed by atoms with Crippen molar-refractivity contribution in [3.8, 4) is 17.0 Å². The number of rotatable bonds is 6. The first-order chi connectivity index (χ1) is 18.5. The number of amides is 2. The van der Waals surface area contributed by atoms with Gasteiger partial charge in [0.05, 0.1) is 28.5 Å². The lowest BCUT2D eigenvalue weighted by Gasteiger charge is -2.33. The molecule has 0 bridgehead atoms. The molecular formula is C26H21ClF4N4O4. The molecule has 0 saturated carbocycles. The van der Waals surface area contributed by atoms with Crippen LogP contribution in [0.5, 0.6) is 5.75 Å². The summed E-state index contributed by atoms with van der Waals surface area (Å²) in [4.78, 5) is 33.4. The number of benzene rings is 2. The Balaban J connectivity index is 1.38. The summed E-state index contributed by atoms with van der Waals surface area (Å²) < 4.78 is 58.2. The first-order valence-corrected chi connectivity index (χ1v) is 12.2. The first kappa shape index (κ1) is 26.5. The number of alkyl halides is 3. The smallest absolute Gasteiger partial charge is 0.422 e. The highest BCUT2D eigenvalue weighted by atomic mass is 35.5. The number of nitrogens with one attached hydrogen (secondary N) is 2. The largest absolute Gasteiger partial charge is 0.483 e. The Hall–Kier alpha value is -4.06. The van der Waals surface area contributed by atoms with Crippen LogP contribution < -0.4 is 10.1 Å². The molecular weight excluding hydrogens is 544 g/mol. The lowest BCUT2D eigenvalue weighted by atomic mass is 9.93. The average Bonchev–Trinajstić information content (AvgIpc) is 3.52. The summed E-state index contributed by atoms with van der Waals surface area (Å²) in [6.07, 6.45) is -1.63. The van der Waals surface area contributed by atoms with Crippen LogP contribution in [0.3, 0.4) is 0 Å². The zero-order valence-electron chi connectivity index (χ0n) is 20.1. The van der Waals surface area contributed by atoms with Crippen molar-refractivity contribution in [1.29, 1.82) is 0 Å². The van der Waals surface area contributed by atoms with Gasteiger partial charge in [0.15, 0.2) is 12.4 Å². The van der Waals surface area contributed by atoms with Gasteiger partial charge in [-0.1, -0.05) is 23.7 Å². The summed E-state index contributed by atoms with van der Waals surface area (Å²) in [7, 11) is 0. The van der Waals surface area contributed by atoms with Crippen LogP contribution in [-0.4, -0.2) is 50.8 Å². The third-order valence-electron chi connectivity index (χ3n) is 6.64. The van der Waals surface area contributed by atoms with Gasteiger partial charge in [-0.2, -0.15) is 13.2 Å². The standard InChI is InChI=1S/C26H21ClF4N4O4/c27-17-6-8-20(39-12-26(29,30)31)22(23(17)28)14-9-16-5-7-19(35(16)21(36)10-14)24-32-11-18(34-24)13-1-3-15(4-2-13)33-25(37)38/h1-4,6,8,10-11,16,19,33H,5,7,9,12H2,(H,32,34)(H,37,38)/t16?,19-/m0/s1. The molecule has 39 heavy (non-hydrogen) atoms. The van der Waals surface area contributed by atoms with E-state index in [2.05, 4.69) is 15.3 Å². The van der Waals surface area contributed by atoms with Crippen molar-refractivity contribution in [3.63, 3.8) is 0 Å². The maximum Gasteiger partial charge on any atom is 0.422 e. The molecule has 13 heteroatoms. The predicted molar refractivity (Wildman–Crippen MR) is 134 cm³/mol. The zero-order chi connectivity index (χ0) is 27.9. The number of aromatic nitrogens is 2. The third kappa shape index (κ3) is 5.56. The highest BCUT2D eigenvalue weighted by Gasteiger charge is 2.42. The van der Waals surface area contributed by atoms with Crippen molar-refractivity contribution in [1.82, 2.24) is 14.9 Å². The molecule has 5 rings (SSSR count). The van der Waals surface area contributed by atoms with E-state index in [1.807, 2.05) is 0 Å². The predicted octanol–water partition coefficient (Wildman–Crippen LogP) is 6.42. The van der Waals surface area contributed by atoms with E-state index in [1.165, 1.54) is 6.08 Å². The number of nitrogens with zero attached hydrogens (tertiary/aromatic N) is 2. The number of halogens is 5. The van der Waals surface area contributed by atoms with E-state index >= 15 is 4.39 Å². The number of carboxylic acid groups (broad SMARTS) is 1. The number of hydrogen-bond acceptors (Lipinski definition) is 4. The van der Waals surface area contributed by atoms with Crippen LogP contribution in [0.4, 0.5) is 28.0 Å². The van der Waals surface area contributed by atoms with E-state index in [4.69, 9.17) is 21.4 Å². The number of hydrogen-bond donors (Lipinski definition) is 3. The van der Waals surface area contributed by atoms with Gasteiger partial charge in [-0.15, -0.1) is 0 Å². The van der Waals surface area contributed by atoms with Gasteiger partial charge >= 0.3 is 12.3 Å². The topological polar surface area (TPSA) is 108 Å². The van der Waals surface area contributed by atoms with E-state index in [-0.39, 0.29) is 40.4 Å². The molecule has 1 unspecified atom stereocenters. The highest BCUT2D eigenvalue weighted by molar-refractivity contribution is 6.31. The molecule has 2 atom stereocenters. The number of aromatic amines is 1. The normalized spacial score (nSPS) is 19.1. The second kappa shape index (κ2) is 10.3. The van der Waals surface area contributed by atoms with Crippen LogP contribution in [0.2, 0.25) is 5.02 Å². The van der Waals surface area contributed by atoms with E-state index < -0.39 is 30.6 Å². The molecule has 2 aliphatic rings. The molecule has 3 aromatic rings. The molecule has 1 fully saturated rings. The number of carbonyl (C=O) groups is 2. The molecule has 2 aliphatic heterocycles. The fraction of sp³-hybridized carbons (Fsp3) is 0.269. The van der Waals surface area contributed by atoms with Crippen molar-refractivity contribution in [3.05, 3.63) is 70.9 Å². The van der Waals surface area contributed by atoms with E-state index in [1.54, 1.807) is 35.4 Å². The van der Waals surface area contributed by atoms with E-state index in [0.717, 1.165) is 17.7 Å². The summed E-state index contributed by atoms with van der Waals surface area (Å²) in [6, 6.07) is 8.22. The number of H-pyrrole nitrogens is 1. The molecule has 1 aromatic heterocycles. The summed E-state index contributed by atoms with van der Waals surface area (Å²) >= 11 is 5.91. The Morgan fingerprint density at radius 2 is 1.95 bits per heavy atom. The molecule has 1 saturated heterocycles. The lowest BCUT2D eigenvalue weighted by Crippen LogP contribution is -2.39. The van der Waals surface area contributed by atoms with Gasteiger partial charge in [0.1, 0.15) is 11.6 Å². The average molecular weight is 565 g/mol. The molecule has 8 nitrogen and oxygen atoms in total. The monoisotopic (exact) mass is 564 g/mol. The van der Waals surface area contributed by atoms with Crippen molar-refractivity contribution in [2.24, 2.45) is 0 Å². The number of imidazole rings is 1. The lowest BCUT2D eigenvalue weighted by molar-refractivity contribution is -0.153. The maximum atomic E-state index is 15.0. The van der Waals surface area contributed by atoms with Crippen molar-refractivity contribution < 1.29 is 37.0 Å². The fourth-order valence-corrected chi connectivity index (χ4v) is 5.17. The van der Waals surface area contributed by atoms with E-state index in [0.29, 0.717) is 30.0 Å². The summed E-state index contributed by atoms with van der Waals surface area (Å²) in [5.41, 5.74) is 1.81. The summed E-state index contributed by atoms with van der Waals surface area (Å²) in [5.74, 6) is -1.16. The minimum absolute atomic E-state index is 0.202. The van der Waals surface area contributed by atoms with Crippen LogP contribution in [0.1, 0.15) is 36.7 Å². The van der Waals surface area contributed by atoms with Gasteiger partial charge in [-0.05, 0) is 54.7 Å². The minimum atomic E-state index is -4.63. The fourth-order valence-electron chi connectivity index (χ4n) is 5.02.